The van der Waals surface area contributed by atoms with Crippen LogP contribution in [0.5, 0.6) is 0 Å². The molecule has 1 N–H and O–H groups in total. The lowest BCUT2D eigenvalue weighted by atomic mass is 10.2. The van der Waals surface area contributed by atoms with Gasteiger partial charge in [0.15, 0.2) is 0 Å². The van der Waals surface area contributed by atoms with Crippen molar-refractivity contribution in [1.29, 1.82) is 0 Å². The molecule has 1 aromatic rings. The molecule has 0 heterocycles. The first-order chi connectivity index (χ1) is 7.22. The van der Waals surface area contributed by atoms with Crippen molar-refractivity contribution in [3.63, 3.8) is 0 Å². The Morgan fingerprint density at radius 3 is 2.93 bits per heavy atom. The fourth-order valence-corrected chi connectivity index (χ4v) is 1.74. The van der Waals surface area contributed by atoms with Gasteiger partial charge in [-0.05, 0) is 24.1 Å². The van der Waals surface area contributed by atoms with E-state index in [0.717, 1.165) is 16.5 Å². The first-order valence-corrected chi connectivity index (χ1v) is 6.12. The fraction of sp³-hybridized carbons (Fsp3) is 0.364. The van der Waals surface area contributed by atoms with Gasteiger partial charge in [-0.15, -0.1) is 11.6 Å². The average Bonchev–Trinajstić information content (AvgIpc) is 2.23. The highest BCUT2D eigenvalue weighted by Crippen LogP contribution is 2.11. The molecule has 82 valence electrons. The van der Waals surface area contributed by atoms with Crippen LogP contribution in [0.15, 0.2) is 28.7 Å². The molecular formula is C11H13BrClNO. The Balaban J connectivity index is 2.33. The summed E-state index contributed by atoms with van der Waals surface area (Å²) in [5.74, 6) is 0.584. The van der Waals surface area contributed by atoms with Gasteiger partial charge in [-0.1, -0.05) is 28.1 Å². The van der Waals surface area contributed by atoms with Gasteiger partial charge in [0.1, 0.15) is 0 Å². The predicted molar refractivity (Wildman–Crippen MR) is 65.9 cm³/mol. The van der Waals surface area contributed by atoms with E-state index in [1.54, 1.807) is 0 Å². The maximum absolute atomic E-state index is 11.3. The normalized spacial score (nSPS) is 10.0. The fourth-order valence-electron chi connectivity index (χ4n) is 1.16. The molecule has 0 aromatic heterocycles. The summed E-state index contributed by atoms with van der Waals surface area (Å²) in [6, 6.07) is 7.87. The number of benzene rings is 1. The molecule has 0 aliphatic carbocycles. The molecule has 0 fully saturated rings. The summed E-state index contributed by atoms with van der Waals surface area (Å²) in [6.07, 6.45) is 1.23. The second kappa shape index (κ2) is 6.85. The smallest absolute Gasteiger partial charge is 0.220 e. The Bertz CT molecular complexity index is 330. The topological polar surface area (TPSA) is 29.1 Å². The van der Waals surface area contributed by atoms with Gasteiger partial charge in [0.25, 0.3) is 0 Å². The lowest BCUT2D eigenvalue weighted by Crippen LogP contribution is -2.22. The van der Waals surface area contributed by atoms with Gasteiger partial charge in [0.2, 0.25) is 5.91 Å². The number of carbonyl (C=O) groups is 1. The van der Waals surface area contributed by atoms with Gasteiger partial charge in [-0.3, -0.25) is 4.79 Å². The number of amides is 1. The Kier molecular flexibility index (Phi) is 5.73. The molecule has 1 aromatic carbocycles. The molecule has 0 aliphatic rings. The molecule has 0 bridgehead atoms. The molecule has 15 heavy (non-hydrogen) atoms. The maximum atomic E-state index is 11.3. The van der Waals surface area contributed by atoms with Crippen LogP contribution in [0, 0.1) is 0 Å². The Morgan fingerprint density at radius 2 is 2.27 bits per heavy atom. The molecule has 0 radical (unpaired) electrons. The molecule has 2 nitrogen and oxygen atoms in total. The largest absolute Gasteiger partial charge is 0.352 e. The van der Waals surface area contributed by atoms with Crippen LogP contribution in [0.1, 0.15) is 18.4 Å². The minimum absolute atomic E-state index is 0.0515. The minimum Gasteiger partial charge on any atom is -0.352 e. The van der Waals surface area contributed by atoms with Crippen LogP contribution >= 0.6 is 27.5 Å². The SMILES string of the molecule is O=C(CCCCl)NCc1cccc(Br)c1. The van der Waals surface area contributed by atoms with Crippen LogP contribution in [0.3, 0.4) is 0 Å². The average molecular weight is 291 g/mol. The molecule has 1 amide bonds. The summed E-state index contributed by atoms with van der Waals surface area (Å²) >= 11 is 8.88. The van der Waals surface area contributed by atoms with E-state index in [0.29, 0.717) is 18.8 Å². The van der Waals surface area contributed by atoms with Crippen molar-refractivity contribution in [2.45, 2.75) is 19.4 Å². The molecule has 0 saturated carbocycles. The van der Waals surface area contributed by atoms with E-state index < -0.39 is 0 Å². The van der Waals surface area contributed by atoms with Crippen molar-refractivity contribution in [2.75, 3.05) is 5.88 Å². The predicted octanol–water partition coefficient (Wildman–Crippen LogP) is 3.08. The van der Waals surface area contributed by atoms with Crippen molar-refractivity contribution < 1.29 is 4.79 Å². The molecule has 0 unspecified atom stereocenters. The van der Waals surface area contributed by atoms with Gasteiger partial charge >= 0.3 is 0 Å². The van der Waals surface area contributed by atoms with E-state index in [-0.39, 0.29) is 5.91 Å². The standard InChI is InChI=1S/C11H13BrClNO/c12-10-4-1-3-9(7-10)8-14-11(15)5-2-6-13/h1,3-4,7H,2,5-6,8H2,(H,14,15). The lowest BCUT2D eigenvalue weighted by Gasteiger charge is -2.04. The second-order valence-corrected chi connectivity index (χ2v) is 4.49. The maximum Gasteiger partial charge on any atom is 0.220 e. The summed E-state index contributed by atoms with van der Waals surface area (Å²) in [6.45, 7) is 0.570. The number of halogens is 2. The third-order valence-electron chi connectivity index (χ3n) is 1.92. The highest BCUT2D eigenvalue weighted by Gasteiger charge is 2.00. The molecule has 0 aliphatic heterocycles. The number of hydrogen-bond donors (Lipinski definition) is 1. The second-order valence-electron chi connectivity index (χ2n) is 3.20. The highest BCUT2D eigenvalue weighted by molar-refractivity contribution is 9.10. The van der Waals surface area contributed by atoms with Crippen molar-refractivity contribution in [3.8, 4) is 0 Å². The van der Waals surface area contributed by atoms with Crippen molar-refractivity contribution in [3.05, 3.63) is 34.3 Å². The van der Waals surface area contributed by atoms with E-state index in [9.17, 15) is 4.79 Å². The molecule has 0 atom stereocenters. The van der Waals surface area contributed by atoms with E-state index in [1.807, 2.05) is 24.3 Å². The molecule has 0 saturated heterocycles. The summed E-state index contributed by atoms with van der Waals surface area (Å²) in [5.41, 5.74) is 1.09. The summed E-state index contributed by atoms with van der Waals surface area (Å²) in [5, 5.41) is 2.84. The molecular weight excluding hydrogens is 277 g/mol. The Labute approximate surface area is 103 Å². The molecule has 1 rings (SSSR count). The van der Waals surface area contributed by atoms with Gasteiger partial charge in [0.05, 0.1) is 0 Å². The summed E-state index contributed by atoms with van der Waals surface area (Å²) < 4.78 is 1.02. The van der Waals surface area contributed by atoms with E-state index in [4.69, 9.17) is 11.6 Å². The van der Waals surface area contributed by atoms with Gasteiger partial charge in [-0.2, -0.15) is 0 Å². The van der Waals surface area contributed by atoms with Crippen LogP contribution in [0.2, 0.25) is 0 Å². The zero-order chi connectivity index (χ0) is 11.1. The molecule has 0 spiro atoms. The summed E-state index contributed by atoms with van der Waals surface area (Å²) in [7, 11) is 0. The van der Waals surface area contributed by atoms with E-state index >= 15 is 0 Å². The monoisotopic (exact) mass is 289 g/mol. The van der Waals surface area contributed by atoms with Crippen molar-refractivity contribution >= 4 is 33.4 Å². The van der Waals surface area contributed by atoms with E-state index in [2.05, 4.69) is 21.2 Å². The van der Waals surface area contributed by atoms with Crippen molar-refractivity contribution in [1.82, 2.24) is 5.32 Å². The van der Waals surface area contributed by atoms with E-state index in [1.165, 1.54) is 0 Å². The van der Waals surface area contributed by atoms with Crippen LogP contribution in [0.4, 0.5) is 0 Å². The minimum atomic E-state index is 0.0515. The first kappa shape index (κ1) is 12.5. The van der Waals surface area contributed by atoms with Gasteiger partial charge in [0, 0.05) is 23.3 Å². The van der Waals surface area contributed by atoms with Crippen molar-refractivity contribution in [2.24, 2.45) is 0 Å². The summed E-state index contributed by atoms with van der Waals surface area (Å²) in [4.78, 5) is 11.3. The number of carbonyl (C=O) groups excluding carboxylic acids is 1. The zero-order valence-corrected chi connectivity index (χ0v) is 10.6. The van der Waals surface area contributed by atoms with Gasteiger partial charge in [-0.25, -0.2) is 0 Å². The third-order valence-corrected chi connectivity index (χ3v) is 2.68. The third kappa shape index (κ3) is 5.19. The van der Waals surface area contributed by atoms with Crippen LogP contribution in [-0.2, 0) is 11.3 Å². The van der Waals surface area contributed by atoms with Gasteiger partial charge < -0.3 is 5.32 Å². The number of rotatable bonds is 5. The molecule has 4 heteroatoms. The zero-order valence-electron chi connectivity index (χ0n) is 8.30. The van der Waals surface area contributed by atoms with Crippen LogP contribution in [0.25, 0.3) is 0 Å². The number of alkyl halides is 1. The van der Waals surface area contributed by atoms with Crippen LogP contribution < -0.4 is 5.32 Å². The highest BCUT2D eigenvalue weighted by atomic mass is 79.9. The Morgan fingerprint density at radius 1 is 1.47 bits per heavy atom. The van der Waals surface area contributed by atoms with Crippen LogP contribution in [-0.4, -0.2) is 11.8 Å². The number of nitrogens with one attached hydrogen (secondary N) is 1. The number of hydrogen-bond acceptors (Lipinski definition) is 1. The quantitative estimate of drug-likeness (QED) is 0.830. The lowest BCUT2D eigenvalue weighted by molar-refractivity contribution is -0.121. The Hall–Kier alpha value is -0.540. The first-order valence-electron chi connectivity index (χ1n) is 4.79.